The summed E-state index contributed by atoms with van der Waals surface area (Å²) in [6.45, 7) is 2.15. The average molecular weight is 272 g/mol. The number of hydrogen-bond acceptors (Lipinski definition) is 1. The summed E-state index contributed by atoms with van der Waals surface area (Å²) < 4.78 is 0. The van der Waals surface area contributed by atoms with Crippen LogP contribution in [-0.4, -0.2) is 9.97 Å². The highest BCUT2D eigenvalue weighted by Crippen LogP contribution is 2.24. The van der Waals surface area contributed by atoms with Gasteiger partial charge in [-0.15, -0.1) is 0 Å². The second-order valence-corrected chi connectivity index (χ2v) is 5.47. The molecule has 102 valence electrons. The predicted octanol–water partition coefficient (Wildman–Crippen LogP) is 4.62. The molecule has 4 aromatic rings. The molecule has 0 spiro atoms. The average Bonchev–Trinajstić information content (AvgIpc) is 2.87. The summed E-state index contributed by atoms with van der Waals surface area (Å²) in [6, 6.07) is 21.1. The van der Waals surface area contributed by atoms with Crippen LogP contribution in [0.2, 0.25) is 0 Å². The number of H-pyrrole nitrogens is 1. The van der Waals surface area contributed by atoms with Crippen molar-refractivity contribution in [2.45, 2.75) is 13.3 Å². The molecule has 0 fully saturated rings. The van der Waals surface area contributed by atoms with Gasteiger partial charge in [0.15, 0.2) is 0 Å². The largest absolute Gasteiger partial charge is 0.339 e. The van der Waals surface area contributed by atoms with Gasteiger partial charge in [-0.25, -0.2) is 4.98 Å². The van der Waals surface area contributed by atoms with Gasteiger partial charge in [0.25, 0.3) is 0 Å². The molecule has 0 saturated heterocycles. The molecule has 0 aliphatic rings. The van der Waals surface area contributed by atoms with Gasteiger partial charge in [-0.1, -0.05) is 42.5 Å². The standard InChI is InChI=1S/C19H16N2/c1-13-6-2-3-7-14(13)12-15-10-11-17-16-8-4-5-9-18(16)21-19(17)20-15/h2-11H,12H2,1H3,(H,20,21). The molecular weight excluding hydrogens is 256 g/mol. The van der Waals surface area contributed by atoms with Crippen molar-refractivity contribution >= 4 is 21.9 Å². The number of fused-ring (bicyclic) bond motifs is 3. The van der Waals surface area contributed by atoms with E-state index in [2.05, 4.69) is 66.5 Å². The fraction of sp³-hybridized carbons (Fsp3) is 0.105. The molecule has 2 heteroatoms. The maximum atomic E-state index is 4.79. The van der Waals surface area contributed by atoms with Crippen LogP contribution < -0.4 is 0 Å². The first-order valence-electron chi connectivity index (χ1n) is 7.22. The molecule has 1 N–H and O–H groups in total. The zero-order valence-electron chi connectivity index (χ0n) is 11.9. The van der Waals surface area contributed by atoms with E-state index in [1.807, 2.05) is 6.07 Å². The molecule has 0 amide bonds. The molecule has 0 aliphatic heterocycles. The Morgan fingerprint density at radius 2 is 1.67 bits per heavy atom. The molecule has 0 unspecified atom stereocenters. The van der Waals surface area contributed by atoms with E-state index in [0.717, 1.165) is 23.3 Å². The van der Waals surface area contributed by atoms with E-state index in [0.29, 0.717) is 0 Å². The first-order chi connectivity index (χ1) is 10.3. The second-order valence-electron chi connectivity index (χ2n) is 5.47. The Morgan fingerprint density at radius 1 is 0.857 bits per heavy atom. The Hall–Kier alpha value is -2.61. The van der Waals surface area contributed by atoms with Gasteiger partial charge in [0, 0.05) is 28.4 Å². The van der Waals surface area contributed by atoms with Crippen LogP contribution in [0.4, 0.5) is 0 Å². The molecule has 0 bridgehead atoms. The van der Waals surface area contributed by atoms with E-state index in [9.17, 15) is 0 Å². The fourth-order valence-electron chi connectivity index (χ4n) is 2.87. The molecule has 4 rings (SSSR count). The van der Waals surface area contributed by atoms with Gasteiger partial charge in [0.2, 0.25) is 0 Å². The molecule has 0 radical (unpaired) electrons. The Morgan fingerprint density at radius 3 is 2.57 bits per heavy atom. The van der Waals surface area contributed by atoms with E-state index in [-0.39, 0.29) is 0 Å². The summed E-state index contributed by atoms with van der Waals surface area (Å²) in [5.74, 6) is 0. The van der Waals surface area contributed by atoms with Crippen molar-refractivity contribution < 1.29 is 0 Å². The third kappa shape index (κ3) is 2.09. The fourth-order valence-corrected chi connectivity index (χ4v) is 2.87. The van der Waals surface area contributed by atoms with E-state index < -0.39 is 0 Å². The number of pyridine rings is 1. The minimum absolute atomic E-state index is 0.873. The number of nitrogens with zero attached hydrogens (tertiary/aromatic N) is 1. The number of aromatic amines is 1. The van der Waals surface area contributed by atoms with Crippen molar-refractivity contribution in [2.24, 2.45) is 0 Å². The normalized spacial score (nSPS) is 11.3. The lowest BCUT2D eigenvalue weighted by atomic mass is 10.0. The first-order valence-corrected chi connectivity index (χ1v) is 7.22. The van der Waals surface area contributed by atoms with Crippen molar-refractivity contribution in [2.75, 3.05) is 0 Å². The molecule has 2 aromatic carbocycles. The number of aromatic nitrogens is 2. The lowest BCUT2D eigenvalue weighted by Crippen LogP contribution is -1.94. The third-order valence-corrected chi connectivity index (χ3v) is 4.06. The Kier molecular flexibility index (Phi) is 2.74. The quantitative estimate of drug-likeness (QED) is 0.567. The van der Waals surface area contributed by atoms with Crippen LogP contribution in [0.1, 0.15) is 16.8 Å². The number of aryl methyl sites for hydroxylation is 1. The third-order valence-electron chi connectivity index (χ3n) is 4.06. The van der Waals surface area contributed by atoms with E-state index in [1.54, 1.807) is 0 Å². The summed E-state index contributed by atoms with van der Waals surface area (Å²) in [7, 11) is 0. The molecule has 2 heterocycles. The summed E-state index contributed by atoms with van der Waals surface area (Å²) in [5.41, 5.74) is 5.87. The van der Waals surface area contributed by atoms with Crippen LogP contribution in [0.5, 0.6) is 0 Å². The zero-order valence-corrected chi connectivity index (χ0v) is 11.9. The molecule has 21 heavy (non-hydrogen) atoms. The van der Waals surface area contributed by atoms with E-state index in [1.165, 1.54) is 21.9 Å². The Labute approximate surface area is 123 Å². The van der Waals surface area contributed by atoms with Crippen molar-refractivity contribution in [3.05, 3.63) is 77.5 Å². The zero-order chi connectivity index (χ0) is 14.2. The minimum atomic E-state index is 0.873. The van der Waals surface area contributed by atoms with Gasteiger partial charge in [-0.05, 0) is 36.2 Å². The van der Waals surface area contributed by atoms with E-state index in [4.69, 9.17) is 4.98 Å². The second kappa shape index (κ2) is 4.74. The van der Waals surface area contributed by atoms with Gasteiger partial charge in [0.1, 0.15) is 5.65 Å². The summed E-state index contributed by atoms with van der Waals surface area (Å²) in [5, 5.41) is 2.43. The smallest absolute Gasteiger partial charge is 0.138 e. The van der Waals surface area contributed by atoms with Crippen LogP contribution in [0.3, 0.4) is 0 Å². The van der Waals surface area contributed by atoms with Gasteiger partial charge in [0.05, 0.1) is 0 Å². The highest BCUT2D eigenvalue weighted by Gasteiger charge is 2.07. The van der Waals surface area contributed by atoms with Crippen molar-refractivity contribution in [3.63, 3.8) is 0 Å². The monoisotopic (exact) mass is 272 g/mol. The molecule has 2 aromatic heterocycles. The molecule has 0 atom stereocenters. The Bertz CT molecular complexity index is 935. The summed E-state index contributed by atoms with van der Waals surface area (Å²) in [4.78, 5) is 8.20. The molecule has 0 aliphatic carbocycles. The van der Waals surface area contributed by atoms with Gasteiger partial charge < -0.3 is 4.98 Å². The molecular formula is C19H16N2. The molecule has 0 saturated carbocycles. The van der Waals surface area contributed by atoms with Gasteiger partial charge >= 0.3 is 0 Å². The van der Waals surface area contributed by atoms with Crippen LogP contribution in [-0.2, 0) is 6.42 Å². The minimum Gasteiger partial charge on any atom is -0.339 e. The number of hydrogen-bond donors (Lipinski definition) is 1. The first kappa shape index (κ1) is 12.2. The maximum Gasteiger partial charge on any atom is 0.138 e. The number of nitrogens with one attached hydrogen (secondary N) is 1. The highest BCUT2D eigenvalue weighted by atomic mass is 14.9. The number of rotatable bonds is 2. The lowest BCUT2D eigenvalue weighted by Gasteiger charge is -2.05. The number of para-hydroxylation sites is 1. The lowest BCUT2D eigenvalue weighted by molar-refractivity contribution is 1.07. The Balaban J connectivity index is 1.80. The maximum absolute atomic E-state index is 4.79. The van der Waals surface area contributed by atoms with Crippen molar-refractivity contribution in [1.82, 2.24) is 9.97 Å². The van der Waals surface area contributed by atoms with E-state index >= 15 is 0 Å². The van der Waals surface area contributed by atoms with Crippen LogP contribution >= 0.6 is 0 Å². The van der Waals surface area contributed by atoms with Crippen molar-refractivity contribution in [1.29, 1.82) is 0 Å². The van der Waals surface area contributed by atoms with Gasteiger partial charge in [-0.2, -0.15) is 0 Å². The molecule has 2 nitrogen and oxygen atoms in total. The highest BCUT2D eigenvalue weighted by molar-refractivity contribution is 6.05. The SMILES string of the molecule is Cc1ccccc1Cc1ccc2c(n1)[nH]c1ccccc12. The van der Waals surface area contributed by atoms with Crippen LogP contribution in [0.25, 0.3) is 21.9 Å². The summed E-state index contributed by atoms with van der Waals surface area (Å²) in [6.07, 6.45) is 0.873. The predicted molar refractivity (Wildman–Crippen MR) is 87.6 cm³/mol. The topological polar surface area (TPSA) is 28.7 Å². The van der Waals surface area contributed by atoms with Crippen LogP contribution in [0.15, 0.2) is 60.7 Å². The number of benzene rings is 2. The van der Waals surface area contributed by atoms with Crippen LogP contribution in [0, 0.1) is 6.92 Å². The summed E-state index contributed by atoms with van der Waals surface area (Å²) >= 11 is 0. The van der Waals surface area contributed by atoms with Crippen molar-refractivity contribution in [3.8, 4) is 0 Å². The van der Waals surface area contributed by atoms with Gasteiger partial charge in [-0.3, -0.25) is 0 Å².